The van der Waals surface area contributed by atoms with Crippen molar-refractivity contribution in [2.75, 3.05) is 131 Å². The summed E-state index contributed by atoms with van der Waals surface area (Å²) in [6, 6.07) is 98.5. The van der Waals surface area contributed by atoms with E-state index in [0.29, 0.717) is 66.7 Å². The minimum Gasteiger partial charge on any atom is -0.497 e. The summed E-state index contributed by atoms with van der Waals surface area (Å²) in [5, 5.41) is 59.2. The number of anilines is 15. The molecule has 10 aromatic heterocycles. The predicted octanol–water partition coefficient (Wildman–Crippen LogP) is 19.3. The summed E-state index contributed by atoms with van der Waals surface area (Å²) in [7, 11) is 1.69. The Morgan fingerprint density at radius 1 is 0.379 bits per heavy atom. The number of rotatable bonds is 33. The first-order valence-corrected chi connectivity index (χ1v) is 49.3. The first-order chi connectivity index (χ1) is 71.6. The van der Waals surface area contributed by atoms with Crippen LogP contribution in [-0.2, 0) is 4.74 Å². The van der Waals surface area contributed by atoms with Gasteiger partial charge in [-0.15, -0.1) is 25.5 Å². The van der Waals surface area contributed by atoms with Crippen LogP contribution in [0.4, 0.5) is 87.3 Å². The SMILES string of the molecule is CCN1CCCC1CNc1cc(-n2cnc(Nc3ccccc3)n2)ccn1.COc1ccc(C(Nc2cc(-n3cnc(Nc4ccccc4)n3)ccn2)C2CC2)cc1.OC(CNc1cc(-n2cnc(Nc3ccccc3)n2)ccn1)c1ccccc1.c1ccc(Nc2ncn(-c3ccnc(N4CCC[C@H]4CN4CCCC4)c3)n2)cc1.c1ccc(Nc2ncn(-c3ccnc(N4CCOC(c5ccccc5)C4)c3)n2)cc1. The van der Waals surface area contributed by atoms with Crippen LogP contribution in [0.1, 0.15) is 93.2 Å². The number of benzene rings is 8. The lowest BCUT2D eigenvalue weighted by Crippen LogP contribution is -2.39. The Balaban J connectivity index is 0.000000115. The lowest BCUT2D eigenvalue weighted by Gasteiger charge is -2.34. The van der Waals surface area contributed by atoms with Crippen molar-refractivity contribution in [3.8, 4) is 34.2 Å². The summed E-state index contributed by atoms with van der Waals surface area (Å²) in [5.41, 5.74) is 12.6. The number of likely N-dealkylation sites (tertiary alicyclic amines) is 2. The van der Waals surface area contributed by atoms with Crippen LogP contribution in [0.15, 0.2) is 360 Å². The molecule has 736 valence electrons. The minimum atomic E-state index is -0.611. The van der Waals surface area contributed by atoms with Crippen LogP contribution >= 0.6 is 0 Å². The number of hydrogen-bond acceptors (Lipinski definition) is 30. The number of aromatic nitrogens is 20. The van der Waals surface area contributed by atoms with E-state index in [1.807, 2.05) is 284 Å². The maximum Gasteiger partial charge on any atom is 0.246 e. The lowest BCUT2D eigenvalue weighted by atomic mass is 10.0. The molecule has 0 bridgehead atoms. The van der Waals surface area contributed by atoms with E-state index in [9.17, 15) is 5.11 Å². The van der Waals surface area contributed by atoms with Crippen LogP contribution in [-0.4, -0.2) is 205 Å². The molecular weight excluding hydrogens is 1820 g/mol. The van der Waals surface area contributed by atoms with Gasteiger partial charge in [0.05, 0.1) is 54.3 Å². The van der Waals surface area contributed by atoms with E-state index in [1.54, 1.807) is 76.1 Å². The number of nitrogens with one attached hydrogen (secondary N) is 8. The summed E-state index contributed by atoms with van der Waals surface area (Å²) in [4.78, 5) is 54.2. The van der Waals surface area contributed by atoms with Crippen LogP contribution in [0.2, 0.25) is 0 Å². The standard InChI is InChI=1S/C24H24N6O.C23H22N6O.C22H27N7.C21H20N6O.C20H25N7/c1-31-21-11-9-18(10-12-21)23(17-7-8-17)28-22-15-20(13-14-25-22)30-16-26-24(29-30)27-19-5-3-2-4-6-19;1-3-7-18(8-4-1)21-16-28(13-14-30-21)22-15-20(11-12-24-22)29-17-25-23(27-29)26-19-9-5-2-6-10-19;1-2-7-18(8-3-1)25-22-24-17-29(26-22)19-10-11-23-21(15-19)28-14-6-9-20(28)16-27-12-4-5-13-27;28-19(16-7-3-1-4-8-16)14-23-20-13-18(11-12-22-20)27-15-24-21(26-27)25-17-9-5-2-6-10-17;1-2-26-12-6-9-18(26)14-22-19-13-17(10-11-21-19)27-15-23-20(25-27)24-16-7-4-3-5-8-16/h2-6,9-17,23H,7-8H2,1H3,(H,25,28)(H,27,29);1-12,15,17,21H,13-14,16H2,(H,26,27);1-3,7-8,10-11,15,17,20H,4-6,9,12-14,16H2,(H,25,26);1-13,15,19,28H,14H2,(H,22,23)(H,25,26);3-5,7-8,10-11,13,15,18H,2,6,9,12,14H2,1H3,(H,21,22)(H,24,25)/t;;20-;;/m..0../s1. The molecule has 0 radical (unpaired) electrons. The first-order valence-electron chi connectivity index (χ1n) is 49.3. The fraction of sp³-hybridized carbons (Fsp3) is 0.245. The van der Waals surface area contributed by atoms with E-state index in [-0.39, 0.29) is 12.1 Å². The molecule has 5 atom stereocenters. The van der Waals surface area contributed by atoms with Gasteiger partial charge in [0.15, 0.2) is 0 Å². The Kier molecular flexibility index (Phi) is 32.6. The van der Waals surface area contributed by atoms with Gasteiger partial charge in [0.25, 0.3) is 0 Å². The van der Waals surface area contributed by atoms with Crippen LogP contribution in [0.5, 0.6) is 5.75 Å². The van der Waals surface area contributed by atoms with Gasteiger partial charge in [-0.25, -0.2) is 48.3 Å². The molecule has 0 amide bonds. The monoisotopic (exact) mass is 1940 g/mol. The normalized spacial score (nSPS) is 15.8. The van der Waals surface area contributed by atoms with Gasteiger partial charge in [-0.1, -0.05) is 171 Å². The van der Waals surface area contributed by atoms with Crippen molar-refractivity contribution < 1.29 is 14.6 Å². The Morgan fingerprint density at radius 2 is 0.779 bits per heavy atom. The highest BCUT2D eigenvalue weighted by molar-refractivity contribution is 5.60. The second-order valence-electron chi connectivity index (χ2n) is 35.5. The van der Waals surface area contributed by atoms with Gasteiger partial charge in [0.2, 0.25) is 29.7 Å². The molecule has 1 saturated carbocycles. The van der Waals surface area contributed by atoms with Crippen LogP contribution in [0.3, 0.4) is 0 Å². The van der Waals surface area contributed by atoms with Crippen molar-refractivity contribution in [1.29, 1.82) is 0 Å². The maximum absolute atomic E-state index is 10.3. The largest absolute Gasteiger partial charge is 0.497 e. The summed E-state index contributed by atoms with van der Waals surface area (Å²) in [6.07, 6.45) is 27.0. The molecule has 1 aliphatic carbocycles. The Labute approximate surface area is 842 Å². The highest BCUT2D eigenvalue weighted by atomic mass is 16.5. The molecule has 14 heterocycles. The van der Waals surface area contributed by atoms with Crippen molar-refractivity contribution in [1.82, 2.24) is 109 Å². The zero-order valence-corrected chi connectivity index (χ0v) is 81.0. The van der Waals surface area contributed by atoms with E-state index < -0.39 is 6.10 Å². The number of aliphatic hydroxyl groups is 1. The van der Waals surface area contributed by atoms with Gasteiger partial charge in [0.1, 0.15) is 72.6 Å². The highest BCUT2D eigenvalue weighted by Crippen LogP contribution is 2.43. The van der Waals surface area contributed by atoms with E-state index >= 15 is 0 Å². The summed E-state index contributed by atoms with van der Waals surface area (Å²) in [6.45, 7) is 12.8. The van der Waals surface area contributed by atoms with Crippen LogP contribution in [0.25, 0.3) is 28.4 Å². The minimum absolute atomic E-state index is 0.0402. The van der Waals surface area contributed by atoms with Crippen LogP contribution < -0.4 is 57.1 Å². The Morgan fingerprint density at radius 3 is 1.23 bits per heavy atom. The molecule has 0 spiro atoms. The Hall–Kier alpha value is -17.2. The molecule has 35 nitrogen and oxygen atoms in total. The van der Waals surface area contributed by atoms with Crippen molar-refractivity contribution in [2.24, 2.45) is 5.92 Å². The summed E-state index contributed by atoms with van der Waals surface area (Å²) < 4.78 is 20.0. The molecule has 35 heteroatoms. The van der Waals surface area contributed by atoms with Crippen LogP contribution in [0, 0.1) is 5.92 Å². The average molecular weight is 1940 g/mol. The van der Waals surface area contributed by atoms with E-state index in [4.69, 9.17) is 9.47 Å². The molecule has 4 unspecified atom stereocenters. The zero-order chi connectivity index (χ0) is 98.3. The quantitative estimate of drug-likeness (QED) is 0.0184. The summed E-state index contributed by atoms with van der Waals surface area (Å²) in [5.74, 6) is 8.53. The van der Waals surface area contributed by atoms with Gasteiger partial charge < -0.3 is 71.8 Å². The fourth-order valence-corrected chi connectivity index (χ4v) is 17.8. The number of para-hydroxylation sites is 5. The molecule has 8 aromatic carbocycles. The third-order valence-electron chi connectivity index (χ3n) is 25.5. The van der Waals surface area contributed by atoms with Gasteiger partial charge in [-0.3, -0.25) is 4.90 Å². The van der Waals surface area contributed by atoms with Crippen molar-refractivity contribution in [3.05, 3.63) is 377 Å². The predicted molar refractivity (Wildman–Crippen MR) is 569 cm³/mol. The molecule has 145 heavy (non-hydrogen) atoms. The van der Waals surface area contributed by atoms with Crippen molar-refractivity contribution >= 4 is 87.3 Å². The van der Waals surface area contributed by atoms with Gasteiger partial charge in [0, 0.05) is 141 Å². The smallest absolute Gasteiger partial charge is 0.246 e. The Bertz CT molecular complexity index is 6980. The molecule has 4 aliphatic heterocycles. The second-order valence-corrected chi connectivity index (χ2v) is 35.5. The molecule has 4 saturated heterocycles. The number of ether oxygens (including phenoxy) is 2. The van der Waals surface area contributed by atoms with E-state index in [1.165, 1.54) is 82.1 Å². The summed E-state index contributed by atoms with van der Waals surface area (Å²) >= 11 is 0. The third-order valence-corrected chi connectivity index (χ3v) is 25.5. The van der Waals surface area contributed by atoms with Crippen molar-refractivity contribution in [2.45, 2.75) is 88.6 Å². The van der Waals surface area contributed by atoms with Crippen molar-refractivity contribution in [3.63, 3.8) is 0 Å². The molecule has 5 fully saturated rings. The number of methoxy groups -OCH3 is 1. The number of hydrogen-bond donors (Lipinski definition) is 9. The maximum atomic E-state index is 10.3. The molecule has 9 N–H and O–H groups in total. The lowest BCUT2D eigenvalue weighted by molar-refractivity contribution is 0.0395. The van der Waals surface area contributed by atoms with E-state index in [2.05, 4.69) is 175 Å². The fourth-order valence-electron chi connectivity index (χ4n) is 17.8. The highest BCUT2D eigenvalue weighted by Gasteiger charge is 2.34. The molecular formula is C110H118N32O3. The third kappa shape index (κ3) is 27.2. The zero-order valence-electron chi connectivity index (χ0n) is 81.0. The number of nitrogens with zero attached hydrogens (tertiary/aromatic N) is 24. The van der Waals surface area contributed by atoms with Gasteiger partial charge in [-0.2, -0.15) is 24.9 Å². The number of likely N-dealkylation sites (N-methyl/N-ethyl adjacent to an activating group) is 1. The molecule has 23 rings (SSSR count). The topological polar surface area (TPSA) is 366 Å². The number of aliphatic hydroxyl groups excluding tert-OH is 1. The first kappa shape index (κ1) is 96.7. The molecule has 5 aliphatic rings. The van der Waals surface area contributed by atoms with Gasteiger partial charge >= 0.3 is 0 Å². The number of morpholine rings is 1. The second kappa shape index (κ2) is 48.8. The van der Waals surface area contributed by atoms with Gasteiger partial charge in [-0.05, 0) is 203 Å². The molecule has 18 aromatic rings. The van der Waals surface area contributed by atoms with E-state index in [0.717, 1.165) is 131 Å². The number of pyridine rings is 5. The average Bonchev–Trinajstić information content (AvgIpc) is 1.56.